The Morgan fingerprint density at radius 3 is 2.42 bits per heavy atom. The summed E-state index contributed by atoms with van der Waals surface area (Å²) >= 11 is -0.105. The predicted molar refractivity (Wildman–Crippen MR) is 46.3 cm³/mol. The monoisotopic (exact) mass is 234 g/mol. The van der Waals surface area contributed by atoms with E-state index in [0.29, 0.717) is 0 Å². The Balaban J connectivity index is 2.74. The minimum atomic E-state index is -0.463. The van der Waals surface area contributed by atoms with Gasteiger partial charge in [0.1, 0.15) is 0 Å². The number of hydrogen-bond acceptors (Lipinski definition) is 3. The first kappa shape index (κ1) is 9.42. The molecule has 0 N–H and O–H groups in total. The van der Waals surface area contributed by atoms with Crippen molar-refractivity contribution in [3.8, 4) is 0 Å². The van der Waals surface area contributed by atoms with Gasteiger partial charge in [0.15, 0.2) is 0 Å². The van der Waals surface area contributed by atoms with Crippen LogP contribution < -0.4 is 0 Å². The quantitative estimate of drug-likeness (QED) is 0.454. The molecule has 0 aromatic rings. The molecule has 0 fully saturated rings. The van der Waals surface area contributed by atoms with Crippen molar-refractivity contribution >= 4 is 31.4 Å². The molecule has 12 heavy (non-hydrogen) atoms. The first-order valence-corrected chi connectivity index (χ1v) is 5.34. The zero-order valence-electron chi connectivity index (χ0n) is 7.20. The van der Waals surface area contributed by atoms with E-state index in [2.05, 4.69) is 4.99 Å². The Bertz CT molecular complexity index is 260. The molecule has 0 saturated heterocycles. The van der Waals surface area contributed by atoms with E-state index in [9.17, 15) is 9.59 Å². The van der Waals surface area contributed by atoms with Crippen molar-refractivity contribution in [2.24, 2.45) is 4.99 Å². The fourth-order valence-electron chi connectivity index (χ4n) is 0.797. The summed E-state index contributed by atoms with van der Waals surface area (Å²) < 4.78 is 0.757. The maximum absolute atomic E-state index is 11.1. The van der Waals surface area contributed by atoms with Gasteiger partial charge in [0.2, 0.25) is 0 Å². The second-order valence-corrected chi connectivity index (χ2v) is 4.99. The summed E-state index contributed by atoms with van der Waals surface area (Å²) in [6.07, 6.45) is 0. The molecule has 0 bridgehead atoms. The van der Waals surface area contributed by atoms with E-state index in [4.69, 9.17) is 0 Å². The average Bonchev–Trinajstić information content (AvgIpc) is 2.30. The van der Waals surface area contributed by atoms with Crippen molar-refractivity contribution in [1.82, 2.24) is 4.90 Å². The fourth-order valence-corrected chi connectivity index (χ4v) is 2.65. The van der Waals surface area contributed by atoms with Gasteiger partial charge >= 0.3 is 76.7 Å². The molecule has 5 heteroatoms. The van der Waals surface area contributed by atoms with Gasteiger partial charge in [-0.3, -0.25) is 0 Å². The summed E-state index contributed by atoms with van der Waals surface area (Å²) in [5.41, 5.74) is 0. The van der Waals surface area contributed by atoms with Crippen molar-refractivity contribution in [3.63, 3.8) is 0 Å². The summed E-state index contributed by atoms with van der Waals surface area (Å²) in [6, 6.07) is 0. The van der Waals surface area contributed by atoms with Crippen LogP contribution in [-0.2, 0) is 9.59 Å². The molecule has 0 aromatic carbocycles. The van der Waals surface area contributed by atoms with E-state index >= 15 is 0 Å². The van der Waals surface area contributed by atoms with Gasteiger partial charge in [0, 0.05) is 0 Å². The first-order chi connectivity index (χ1) is 5.52. The van der Waals surface area contributed by atoms with E-state index in [0.717, 1.165) is 4.73 Å². The Morgan fingerprint density at radius 1 is 1.58 bits per heavy atom. The summed E-state index contributed by atoms with van der Waals surface area (Å²) in [5.74, 6) is -0.341. The van der Waals surface area contributed by atoms with Gasteiger partial charge in [-0.05, 0) is 0 Å². The number of nitrogens with zero attached hydrogens (tertiary/aromatic N) is 2. The van der Waals surface area contributed by atoms with E-state index in [-0.39, 0.29) is 26.6 Å². The van der Waals surface area contributed by atoms with Gasteiger partial charge in [-0.25, -0.2) is 0 Å². The molecule has 1 aliphatic rings. The van der Waals surface area contributed by atoms with Crippen LogP contribution in [0.2, 0.25) is 4.82 Å². The van der Waals surface area contributed by atoms with Crippen LogP contribution in [0.1, 0.15) is 6.92 Å². The van der Waals surface area contributed by atoms with Crippen molar-refractivity contribution in [3.05, 3.63) is 0 Å². The van der Waals surface area contributed by atoms with Crippen LogP contribution in [0.15, 0.2) is 4.99 Å². The van der Waals surface area contributed by atoms with Crippen molar-refractivity contribution in [1.29, 1.82) is 0 Å². The predicted octanol–water partition coefficient (Wildman–Crippen LogP) is -0.474. The molecular formula is C7H10N2O2Se. The van der Waals surface area contributed by atoms with E-state index in [1.54, 1.807) is 4.90 Å². The molecule has 0 aliphatic carbocycles. The van der Waals surface area contributed by atoms with Gasteiger partial charge < -0.3 is 0 Å². The van der Waals surface area contributed by atoms with Crippen LogP contribution in [0.3, 0.4) is 0 Å². The number of amides is 1. The molecule has 0 saturated carbocycles. The molecule has 0 spiro atoms. The minimum absolute atomic E-state index is 0.0689. The Hall–Kier alpha value is -0.671. The van der Waals surface area contributed by atoms with Gasteiger partial charge in [-0.15, -0.1) is 0 Å². The Kier molecular flexibility index (Phi) is 2.65. The zero-order chi connectivity index (χ0) is 9.30. The van der Waals surface area contributed by atoms with Gasteiger partial charge in [0.05, 0.1) is 0 Å². The first-order valence-electron chi connectivity index (χ1n) is 3.49. The van der Waals surface area contributed by atoms with E-state index in [1.165, 1.54) is 6.92 Å². The Morgan fingerprint density at radius 2 is 2.17 bits per heavy atom. The van der Waals surface area contributed by atoms with Crippen LogP contribution in [0.5, 0.6) is 0 Å². The van der Waals surface area contributed by atoms with Crippen LogP contribution in [0, 0.1) is 0 Å². The molecule has 66 valence electrons. The SMILES string of the molecule is CC(=O)C1[Se]C(N(C)C)=NC1=O. The number of ketones is 1. The summed E-state index contributed by atoms with van der Waals surface area (Å²) in [6.45, 7) is 1.44. The van der Waals surface area contributed by atoms with Gasteiger partial charge in [0.25, 0.3) is 0 Å². The zero-order valence-corrected chi connectivity index (χ0v) is 8.91. The van der Waals surface area contributed by atoms with Crippen LogP contribution in [-0.4, -0.2) is 50.4 Å². The van der Waals surface area contributed by atoms with Crippen LogP contribution in [0.4, 0.5) is 0 Å². The third-order valence-corrected chi connectivity index (χ3v) is 4.42. The van der Waals surface area contributed by atoms with E-state index in [1.807, 2.05) is 14.1 Å². The van der Waals surface area contributed by atoms with Gasteiger partial charge in [-0.1, -0.05) is 0 Å². The number of Topliss-reactive ketones (excluding diaryl/α,β-unsaturated/α-hetero) is 1. The van der Waals surface area contributed by atoms with Crippen molar-refractivity contribution in [2.45, 2.75) is 11.7 Å². The molecular weight excluding hydrogens is 223 g/mol. The topological polar surface area (TPSA) is 49.7 Å². The fraction of sp³-hybridized carbons (Fsp3) is 0.571. The van der Waals surface area contributed by atoms with Crippen molar-refractivity contribution < 1.29 is 9.59 Å². The van der Waals surface area contributed by atoms with Gasteiger partial charge in [-0.2, -0.15) is 0 Å². The molecule has 1 aliphatic heterocycles. The number of amidine groups is 1. The third kappa shape index (κ3) is 1.73. The molecule has 0 radical (unpaired) electrons. The third-order valence-electron chi connectivity index (χ3n) is 1.41. The average molecular weight is 233 g/mol. The number of carbonyl (C=O) groups excluding carboxylic acids is 2. The summed E-state index contributed by atoms with van der Waals surface area (Å²) in [4.78, 5) is 27.2. The molecule has 1 amide bonds. The number of hydrogen-bond donors (Lipinski definition) is 0. The number of carbonyl (C=O) groups is 2. The normalized spacial score (nSPS) is 22.4. The molecule has 1 unspecified atom stereocenters. The second kappa shape index (κ2) is 3.37. The number of aliphatic imine (C=N–C) groups is 1. The standard InChI is InChI=1S/C7H10N2O2Se/c1-4(10)5-6(11)8-7(12-5)9(2)3/h5H,1-3H3. The second-order valence-electron chi connectivity index (χ2n) is 2.74. The molecule has 1 rings (SSSR count). The van der Waals surface area contributed by atoms with E-state index < -0.39 is 4.82 Å². The summed E-state index contributed by atoms with van der Waals surface area (Å²) in [5, 5.41) is 0. The van der Waals surface area contributed by atoms with Crippen LogP contribution >= 0.6 is 0 Å². The molecule has 1 heterocycles. The summed E-state index contributed by atoms with van der Waals surface area (Å²) in [7, 11) is 3.66. The molecule has 0 aromatic heterocycles. The maximum atomic E-state index is 11.1. The van der Waals surface area contributed by atoms with Crippen molar-refractivity contribution in [2.75, 3.05) is 14.1 Å². The number of rotatable bonds is 1. The molecule has 1 atom stereocenters. The Labute approximate surface area is 77.2 Å². The van der Waals surface area contributed by atoms with Crippen LogP contribution in [0.25, 0.3) is 0 Å². The molecule has 4 nitrogen and oxygen atoms in total.